The van der Waals surface area contributed by atoms with Gasteiger partial charge in [0.15, 0.2) is 5.75 Å². The summed E-state index contributed by atoms with van der Waals surface area (Å²) in [5.41, 5.74) is 0.793. The fourth-order valence-electron chi connectivity index (χ4n) is 3.27. The summed E-state index contributed by atoms with van der Waals surface area (Å²) in [5.74, 6) is 0.139. The molecule has 0 unspecified atom stereocenters. The minimum atomic E-state index is -0.327. The number of para-hydroxylation sites is 2. The van der Waals surface area contributed by atoms with Gasteiger partial charge in [-0.25, -0.2) is 4.79 Å². The van der Waals surface area contributed by atoms with E-state index < -0.39 is 0 Å². The third-order valence-corrected chi connectivity index (χ3v) is 4.51. The molecule has 24 heavy (non-hydrogen) atoms. The number of fused-ring (bicyclic) bond motifs is 1. The minimum Gasteiger partial charge on any atom is -0.423 e. The Bertz CT molecular complexity index is 585. The molecule has 0 spiro atoms. The van der Waals surface area contributed by atoms with E-state index >= 15 is 0 Å². The smallest absolute Gasteiger partial charge is 0.331 e. The highest BCUT2D eigenvalue weighted by Gasteiger charge is 2.25. The predicted octanol–water partition coefficient (Wildman–Crippen LogP) is 1.40. The van der Waals surface area contributed by atoms with Crippen molar-refractivity contribution in [1.82, 2.24) is 10.2 Å². The third kappa shape index (κ3) is 4.47. The molecule has 130 valence electrons. The zero-order chi connectivity index (χ0) is 16.8. The number of ether oxygens (including phenoxy) is 1. The molecule has 1 aromatic carbocycles. The van der Waals surface area contributed by atoms with Crippen molar-refractivity contribution in [1.29, 1.82) is 0 Å². The van der Waals surface area contributed by atoms with Crippen LogP contribution in [0.2, 0.25) is 0 Å². The predicted molar refractivity (Wildman–Crippen MR) is 92.2 cm³/mol. The Morgan fingerprint density at radius 1 is 1.17 bits per heavy atom. The molecule has 2 aliphatic rings. The average molecular weight is 331 g/mol. The summed E-state index contributed by atoms with van der Waals surface area (Å²) in [6.45, 7) is 4.54. The Balaban J connectivity index is 1.39. The molecular weight excluding hydrogens is 306 g/mol. The first kappa shape index (κ1) is 16.8. The number of rotatable bonds is 7. The Morgan fingerprint density at radius 2 is 1.96 bits per heavy atom. The van der Waals surface area contributed by atoms with Crippen molar-refractivity contribution in [3.05, 3.63) is 24.3 Å². The Hall–Kier alpha value is -2.08. The number of hydrogen-bond donors (Lipinski definition) is 1. The number of unbranched alkanes of at least 4 members (excludes halogenated alkanes) is 1. The second-order valence-corrected chi connectivity index (χ2v) is 6.40. The van der Waals surface area contributed by atoms with Crippen molar-refractivity contribution in [2.24, 2.45) is 0 Å². The Morgan fingerprint density at radius 3 is 2.79 bits per heavy atom. The van der Waals surface area contributed by atoms with E-state index in [1.54, 1.807) is 11.0 Å². The van der Waals surface area contributed by atoms with Gasteiger partial charge in [0, 0.05) is 6.54 Å². The van der Waals surface area contributed by atoms with Crippen LogP contribution in [0.15, 0.2) is 24.3 Å². The van der Waals surface area contributed by atoms with E-state index in [1.165, 1.54) is 25.9 Å². The van der Waals surface area contributed by atoms with Crippen LogP contribution in [0.3, 0.4) is 0 Å². The number of anilines is 1. The molecule has 1 aromatic rings. The van der Waals surface area contributed by atoms with E-state index in [0.29, 0.717) is 12.3 Å². The molecule has 2 aliphatic heterocycles. The van der Waals surface area contributed by atoms with E-state index in [9.17, 15) is 9.59 Å². The number of carbonyl (C=O) groups is 2. The van der Waals surface area contributed by atoms with E-state index in [0.717, 1.165) is 25.1 Å². The summed E-state index contributed by atoms with van der Waals surface area (Å²) in [6.07, 6.45) is 4.73. The standard InChI is InChI=1S/C18H25N3O3/c22-17(19-9-3-4-10-20-11-5-6-12-20)13-21-14-18(23)24-16-8-2-1-7-15(16)21/h1-2,7-8H,3-6,9-14H2,(H,19,22). The highest BCUT2D eigenvalue weighted by Crippen LogP contribution is 2.30. The van der Waals surface area contributed by atoms with Crippen molar-refractivity contribution in [3.8, 4) is 5.75 Å². The average Bonchev–Trinajstić information content (AvgIpc) is 3.08. The lowest BCUT2D eigenvalue weighted by Gasteiger charge is -2.29. The van der Waals surface area contributed by atoms with Gasteiger partial charge in [0.1, 0.15) is 6.54 Å². The maximum Gasteiger partial charge on any atom is 0.331 e. The summed E-state index contributed by atoms with van der Waals surface area (Å²) in [6, 6.07) is 7.30. The lowest BCUT2D eigenvalue weighted by molar-refractivity contribution is -0.133. The molecule has 1 saturated heterocycles. The number of carbonyl (C=O) groups excluding carboxylic acids is 2. The molecule has 0 bridgehead atoms. The number of nitrogens with one attached hydrogen (secondary N) is 1. The van der Waals surface area contributed by atoms with Crippen LogP contribution in [0, 0.1) is 0 Å². The van der Waals surface area contributed by atoms with E-state index in [-0.39, 0.29) is 25.0 Å². The van der Waals surface area contributed by atoms with Gasteiger partial charge in [-0.15, -0.1) is 0 Å². The van der Waals surface area contributed by atoms with Crippen LogP contribution in [0.1, 0.15) is 25.7 Å². The zero-order valence-corrected chi connectivity index (χ0v) is 14.0. The molecule has 0 saturated carbocycles. The summed E-state index contributed by atoms with van der Waals surface area (Å²) in [5, 5.41) is 2.95. The fraction of sp³-hybridized carbons (Fsp3) is 0.556. The monoisotopic (exact) mass is 331 g/mol. The van der Waals surface area contributed by atoms with Crippen LogP contribution >= 0.6 is 0 Å². The summed E-state index contributed by atoms with van der Waals surface area (Å²) >= 11 is 0. The first-order chi connectivity index (χ1) is 11.7. The van der Waals surface area contributed by atoms with Crippen molar-refractivity contribution in [3.63, 3.8) is 0 Å². The van der Waals surface area contributed by atoms with Crippen molar-refractivity contribution >= 4 is 17.6 Å². The third-order valence-electron chi connectivity index (χ3n) is 4.51. The summed E-state index contributed by atoms with van der Waals surface area (Å²) < 4.78 is 5.19. The maximum atomic E-state index is 12.1. The van der Waals surface area contributed by atoms with Gasteiger partial charge in [-0.1, -0.05) is 12.1 Å². The van der Waals surface area contributed by atoms with E-state index in [4.69, 9.17) is 4.74 Å². The molecule has 6 nitrogen and oxygen atoms in total. The summed E-state index contributed by atoms with van der Waals surface area (Å²) in [4.78, 5) is 28.0. The molecule has 2 heterocycles. The quantitative estimate of drug-likeness (QED) is 0.465. The summed E-state index contributed by atoms with van der Waals surface area (Å²) in [7, 11) is 0. The molecular formula is C18H25N3O3. The number of nitrogens with zero attached hydrogens (tertiary/aromatic N) is 2. The van der Waals surface area contributed by atoms with Crippen LogP contribution in [0.25, 0.3) is 0 Å². The number of benzene rings is 1. The molecule has 6 heteroatoms. The van der Waals surface area contributed by atoms with Gasteiger partial charge in [0.25, 0.3) is 0 Å². The van der Waals surface area contributed by atoms with Crippen LogP contribution in [0.5, 0.6) is 5.75 Å². The largest absolute Gasteiger partial charge is 0.423 e. The van der Waals surface area contributed by atoms with Gasteiger partial charge >= 0.3 is 5.97 Å². The first-order valence-electron chi connectivity index (χ1n) is 8.76. The fourth-order valence-corrected chi connectivity index (χ4v) is 3.27. The van der Waals surface area contributed by atoms with E-state index in [1.807, 2.05) is 18.2 Å². The van der Waals surface area contributed by atoms with Crippen LogP contribution in [-0.2, 0) is 9.59 Å². The Kier molecular flexibility index (Phi) is 5.69. The molecule has 0 radical (unpaired) electrons. The van der Waals surface area contributed by atoms with Crippen LogP contribution in [0.4, 0.5) is 5.69 Å². The molecule has 0 atom stereocenters. The lowest BCUT2D eigenvalue weighted by atomic mass is 10.2. The second-order valence-electron chi connectivity index (χ2n) is 6.40. The SMILES string of the molecule is O=C(CN1CC(=O)Oc2ccccc21)NCCCCN1CCCC1. The molecule has 3 rings (SSSR count). The highest BCUT2D eigenvalue weighted by molar-refractivity contribution is 5.89. The number of hydrogen-bond acceptors (Lipinski definition) is 5. The Labute approximate surface area is 142 Å². The van der Waals surface area contributed by atoms with Gasteiger partial charge in [-0.05, 0) is 57.5 Å². The van der Waals surface area contributed by atoms with Gasteiger partial charge < -0.3 is 19.9 Å². The topological polar surface area (TPSA) is 61.9 Å². The zero-order valence-electron chi connectivity index (χ0n) is 14.0. The number of esters is 1. The number of amides is 1. The second kappa shape index (κ2) is 8.15. The van der Waals surface area contributed by atoms with Crippen molar-refractivity contribution < 1.29 is 14.3 Å². The van der Waals surface area contributed by atoms with Gasteiger partial charge in [0.2, 0.25) is 5.91 Å². The molecule has 1 amide bonds. The number of likely N-dealkylation sites (tertiary alicyclic amines) is 1. The highest BCUT2D eigenvalue weighted by atomic mass is 16.5. The molecule has 0 aliphatic carbocycles. The molecule has 1 N–H and O–H groups in total. The maximum absolute atomic E-state index is 12.1. The van der Waals surface area contributed by atoms with Gasteiger partial charge in [-0.3, -0.25) is 4.79 Å². The first-order valence-corrected chi connectivity index (χ1v) is 8.76. The normalized spacial score (nSPS) is 17.5. The molecule has 0 aromatic heterocycles. The molecule has 1 fully saturated rings. The lowest BCUT2D eigenvalue weighted by Crippen LogP contribution is -2.43. The van der Waals surface area contributed by atoms with Gasteiger partial charge in [0.05, 0.1) is 12.2 Å². The van der Waals surface area contributed by atoms with Crippen molar-refractivity contribution in [2.45, 2.75) is 25.7 Å². The van der Waals surface area contributed by atoms with E-state index in [2.05, 4.69) is 10.2 Å². The van der Waals surface area contributed by atoms with Crippen LogP contribution in [-0.4, -0.2) is 56.0 Å². The van der Waals surface area contributed by atoms with Crippen LogP contribution < -0.4 is 15.0 Å². The van der Waals surface area contributed by atoms with Gasteiger partial charge in [-0.2, -0.15) is 0 Å². The minimum absolute atomic E-state index is 0.0549. The van der Waals surface area contributed by atoms with Crippen molar-refractivity contribution in [2.75, 3.05) is 44.2 Å².